The van der Waals surface area contributed by atoms with Crippen LogP contribution in [0.4, 0.5) is 0 Å². The number of carboxylic acid groups (broad SMARTS) is 1. The summed E-state index contributed by atoms with van der Waals surface area (Å²) in [5.41, 5.74) is 2.01. The zero-order chi connectivity index (χ0) is 14.6. The molecular formula is C11H8N2O7. The molecule has 3 rings (SSSR count). The number of esters is 3. The number of carboxylic acids is 1. The first kappa shape index (κ1) is 12.3. The molecule has 2 heterocycles. The van der Waals surface area contributed by atoms with Crippen LogP contribution in [0.15, 0.2) is 16.4 Å². The van der Waals surface area contributed by atoms with Crippen molar-refractivity contribution in [3.8, 4) is 0 Å². The molecule has 2 aliphatic heterocycles. The lowest BCUT2D eigenvalue weighted by molar-refractivity contribution is -0.153. The smallest absolute Gasteiger partial charge is 0.356 e. The molecule has 3 aliphatic rings. The van der Waals surface area contributed by atoms with Gasteiger partial charge in [0.05, 0.1) is 18.9 Å². The van der Waals surface area contributed by atoms with Crippen LogP contribution >= 0.6 is 0 Å². The summed E-state index contributed by atoms with van der Waals surface area (Å²) in [6, 6.07) is 0. The van der Waals surface area contributed by atoms with Crippen molar-refractivity contribution in [2.45, 2.75) is 0 Å². The predicted molar refractivity (Wildman–Crippen MR) is 58.8 cm³/mol. The Hall–Kier alpha value is -2.71. The highest BCUT2D eigenvalue weighted by molar-refractivity contribution is 6.39. The van der Waals surface area contributed by atoms with Gasteiger partial charge in [0.25, 0.3) is 0 Å². The topological polar surface area (TPSA) is 131 Å². The normalized spacial score (nSPS) is 30.4. The zero-order valence-electron chi connectivity index (χ0n) is 10.1. The van der Waals surface area contributed by atoms with Crippen LogP contribution in [0.25, 0.3) is 0 Å². The number of rotatable bonds is 2. The Morgan fingerprint density at radius 2 is 2.00 bits per heavy atom. The Balaban J connectivity index is 2.10. The summed E-state index contributed by atoms with van der Waals surface area (Å²) >= 11 is 0. The summed E-state index contributed by atoms with van der Waals surface area (Å²) in [6.45, 7) is 0. The predicted octanol–water partition coefficient (Wildman–Crippen LogP) is -1.60. The molecule has 0 bridgehead atoms. The molecule has 9 nitrogen and oxygen atoms in total. The second kappa shape index (κ2) is 3.89. The van der Waals surface area contributed by atoms with E-state index < -0.39 is 41.6 Å². The molecule has 20 heavy (non-hydrogen) atoms. The van der Waals surface area contributed by atoms with E-state index >= 15 is 0 Å². The second-order valence-electron chi connectivity index (χ2n) is 4.46. The van der Waals surface area contributed by atoms with Gasteiger partial charge in [-0.3, -0.25) is 15.0 Å². The van der Waals surface area contributed by atoms with Crippen molar-refractivity contribution in [3.63, 3.8) is 0 Å². The maximum absolute atomic E-state index is 11.6. The summed E-state index contributed by atoms with van der Waals surface area (Å²) in [7, 11) is 1.14. The van der Waals surface area contributed by atoms with Crippen LogP contribution < -0.4 is 5.43 Å². The number of hydrogen-bond donors (Lipinski definition) is 2. The molecular weight excluding hydrogens is 272 g/mol. The molecule has 0 radical (unpaired) electrons. The molecule has 104 valence electrons. The van der Waals surface area contributed by atoms with Gasteiger partial charge in [-0.25, -0.2) is 9.59 Å². The van der Waals surface area contributed by atoms with E-state index in [1.54, 1.807) is 0 Å². The number of nitrogens with one attached hydrogen (secondary N) is 1. The average molecular weight is 280 g/mol. The van der Waals surface area contributed by atoms with E-state index in [9.17, 15) is 19.2 Å². The van der Waals surface area contributed by atoms with Crippen molar-refractivity contribution in [3.05, 3.63) is 11.3 Å². The van der Waals surface area contributed by atoms with E-state index in [-0.39, 0.29) is 17.0 Å². The Kier molecular flexibility index (Phi) is 2.40. The molecule has 0 aromatic rings. The second-order valence-corrected chi connectivity index (χ2v) is 4.46. The lowest BCUT2D eigenvalue weighted by Crippen LogP contribution is -2.53. The van der Waals surface area contributed by atoms with Crippen LogP contribution in [0.2, 0.25) is 0 Å². The van der Waals surface area contributed by atoms with E-state index in [1.807, 2.05) is 0 Å². The van der Waals surface area contributed by atoms with Gasteiger partial charge in [-0.05, 0) is 5.57 Å². The van der Waals surface area contributed by atoms with Crippen molar-refractivity contribution in [1.29, 1.82) is 0 Å². The standard InChI is InChI=1S/C11H8N2O7/c1-19-11(18)7-3-2(6(8(14)15)12-13-7)4-5(3)10(17)20-9(4)16/h2,4-5,13H,1H3,(H,14,15). The van der Waals surface area contributed by atoms with Gasteiger partial charge in [-0.2, -0.15) is 5.10 Å². The fourth-order valence-electron chi connectivity index (χ4n) is 2.76. The number of nitrogens with zero attached hydrogens (tertiary/aromatic N) is 1. The molecule has 1 aliphatic carbocycles. The van der Waals surface area contributed by atoms with Crippen LogP contribution in [0.5, 0.6) is 0 Å². The van der Waals surface area contributed by atoms with Crippen molar-refractivity contribution in [2.24, 2.45) is 22.9 Å². The summed E-state index contributed by atoms with van der Waals surface area (Å²) in [5.74, 6) is -6.53. The van der Waals surface area contributed by atoms with Gasteiger partial charge >= 0.3 is 23.9 Å². The highest BCUT2D eigenvalue weighted by Gasteiger charge is 2.65. The van der Waals surface area contributed by atoms with Crippen molar-refractivity contribution in [1.82, 2.24) is 5.43 Å². The first-order valence-electron chi connectivity index (χ1n) is 5.62. The average Bonchev–Trinajstić information content (AvgIpc) is 2.61. The fraction of sp³-hybridized carbons (Fsp3) is 0.364. The third kappa shape index (κ3) is 1.34. The zero-order valence-corrected chi connectivity index (χ0v) is 10.1. The Labute approximate surface area is 111 Å². The monoisotopic (exact) mass is 280 g/mol. The first-order valence-corrected chi connectivity index (χ1v) is 5.62. The fourth-order valence-corrected chi connectivity index (χ4v) is 2.76. The van der Waals surface area contributed by atoms with Crippen molar-refractivity contribution in [2.75, 3.05) is 7.11 Å². The number of methoxy groups -OCH3 is 1. The summed E-state index contributed by atoms with van der Waals surface area (Å²) in [5, 5.41) is 12.6. The number of hydrazone groups is 1. The van der Waals surface area contributed by atoms with E-state index in [0.717, 1.165) is 7.11 Å². The molecule has 2 fully saturated rings. The molecule has 0 amide bonds. The van der Waals surface area contributed by atoms with Gasteiger partial charge < -0.3 is 14.6 Å². The van der Waals surface area contributed by atoms with E-state index in [1.165, 1.54) is 0 Å². The minimum Gasteiger partial charge on any atom is -0.477 e. The van der Waals surface area contributed by atoms with Crippen LogP contribution in [0.3, 0.4) is 0 Å². The number of fused-ring (bicyclic) bond motifs is 4. The quantitative estimate of drug-likeness (QED) is 0.457. The number of hydrogen-bond acceptors (Lipinski definition) is 8. The third-order valence-electron chi connectivity index (χ3n) is 3.60. The van der Waals surface area contributed by atoms with Gasteiger partial charge in [0.2, 0.25) is 0 Å². The number of carbonyl (C=O) groups is 4. The summed E-state index contributed by atoms with van der Waals surface area (Å²) < 4.78 is 9.03. The van der Waals surface area contributed by atoms with Crippen LogP contribution in [-0.2, 0) is 28.7 Å². The lowest BCUT2D eigenvalue weighted by Gasteiger charge is -2.41. The third-order valence-corrected chi connectivity index (χ3v) is 3.60. The van der Waals surface area contributed by atoms with Gasteiger partial charge in [-0.15, -0.1) is 0 Å². The molecule has 3 unspecified atom stereocenters. The Morgan fingerprint density at radius 1 is 1.30 bits per heavy atom. The van der Waals surface area contributed by atoms with Crippen molar-refractivity contribution < 1.29 is 33.8 Å². The largest absolute Gasteiger partial charge is 0.477 e. The Morgan fingerprint density at radius 3 is 2.60 bits per heavy atom. The Bertz CT molecular complexity index is 633. The highest BCUT2D eigenvalue weighted by Crippen LogP contribution is 2.53. The van der Waals surface area contributed by atoms with Crippen LogP contribution in [0.1, 0.15) is 0 Å². The maximum Gasteiger partial charge on any atom is 0.356 e. The summed E-state index contributed by atoms with van der Waals surface area (Å²) in [4.78, 5) is 45.9. The molecule has 1 saturated heterocycles. The summed E-state index contributed by atoms with van der Waals surface area (Å²) in [6.07, 6.45) is 0. The lowest BCUT2D eigenvalue weighted by atomic mass is 9.59. The molecule has 9 heteroatoms. The molecule has 0 spiro atoms. The van der Waals surface area contributed by atoms with Crippen molar-refractivity contribution >= 4 is 29.6 Å². The highest BCUT2D eigenvalue weighted by atomic mass is 16.6. The van der Waals surface area contributed by atoms with E-state index in [4.69, 9.17) is 5.11 Å². The van der Waals surface area contributed by atoms with Gasteiger partial charge in [-0.1, -0.05) is 0 Å². The number of ether oxygens (including phenoxy) is 2. The minimum absolute atomic E-state index is 0.115. The molecule has 0 aromatic heterocycles. The van der Waals surface area contributed by atoms with E-state index in [0.29, 0.717) is 0 Å². The number of cyclic esters (lactones) is 2. The van der Waals surface area contributed by atoms with Gasteiger partial charge in [0.1, 0.15) is 5.70 Å². The van der Waals surface area contributed by atoms with Gasteiger partial charge in [0.15, 0.2) is 5.71 Å². The first-order chi connectivity index (χ1) is 9.47. The number of aliphatic carboxylic acids is 1. The minimum atomic E-state index is -1.34. The van der Waals surface area contributed by atoms with Crippen LogP contribution in [0, 0.1) is 17.8 Å². The van der Waals surface area contributed by atoms with Gasteiger partial charge in [0, 0.05) is 5.92 Å². The molecule has 2 N–H and O–H groups in total. The molecule has 1 saturated carbocycles. The SMILES string of the molecule is COC(=O)C1=C2C3C(=O)OC(=O)C3C2C(C(=O)O)=NN1. The maximum atomic E-state index is 11.6. The molecule has 0 aromatic carbocycles. The number of carbonyl (C=O) groups excluding carboxylic acids is 3. The van der Waals surface area contributed by atoms with E-state index in [2.05, 4.69) is 20.0 Å². The molecule has 3 atom stereocenters. The van der Waals surface area contributed by atoms with Crippen LogP contribution in [-0.4, -0.2) is 41.8 Å².